The number of hydrogen-bond acceptors (Lipinski definition) is 3. The van der Waals surface area contributed by atoms with Gasteiger partial charge in [0.2, 0.25) is 0 Å². The molecular weight excluding hydrogens is 190 g/mol. The summed E-state index contributed by atoms with van der Waals surface area (Å²) in [5.74, 6) is 0. The molecule has 3 heteroatoms. The van der Waals surface area contributed by atoms with E-state index >= 15 is 0 Å². The molecule has 91 valence electrons. The van der Waals surface area contributed by atoms with E-state index in [1.165, 1.54) is 0 Å². The second-order valence-electron chi connectivity index (χ2n) is 3.57. The van der Waals surface area contributed by atoms with E-state index in [2.05, 4.69) is 25.7 Å². The van der Waals surface area contributed by atoms with Crippen molar-refractivity contribution in [3.8, 4) is 0 Å². The lowest BCUT2D eigenvalue weighted by molar-refractivity contribution is 0.0791. The van der Waals surface area contributed by atoms with E-state index in [1.807, 2.05) is 0 Å². The SMILES string of the molecule is [CH2]CN(CCOCCC)CCOCCC. The lowest BCUT2D eigenvalue weighted by Gasteiger charge is -2.19. The third kappa shape index (κ3) is 10.2. The fourth-order valence-electron chi connectivity index (χ4n) is 1.22. The van der Waals surface area contributed by atoms with Gasteiger partial charge >= 0.3 is 0 Å². The van der Waals surface area contributed by atoms with Crippen molar-refractivity contribution in [2.75, 3.05) is 46.1 Å². The molecule has 0 aliphatic carbocycles. The Morgan fingerprint density at radius 1 is 0.867 bits per heavy atom. The van der Waals surface area contributed by atoms with Gasteiger partial charge in [-0.3, -0.25) is 4.90 Å². The Labute approximate surface area is 94.7 Å². The van der Waals surface area contributed by atoms with Crippen molar-refractivity contribution in [3.05, 3.63) is 6.92 Å². The molecular formula is C12H26NO2. The minimum absolute atomic E-state index is 0.803. The van der Waals surface area contributed by atoms with Gasteiger partial charge in [-0.15, -0.1) is 0 Å². The van der Waals surface area contributed by atoms with Crippen LogP contribution in [0.5, 0.6) is 0 Å². The van der Waals surface area contributed by atoms with Crippen LogP contribution in [0.15, 0.2) is 0 Å². The Morgan fingerprint density at radius 2 is 1.33 bits per heavy atom. The third-order valence-electron chi connectivity index (χ3n) is 2.12. The van der Waals surface area contributed by atoms with Gasteiger partial charge in [-0.05, 0) is 26.3 Å². The number of rotatable bonds is 11. The molecule has 0 spiro atoms. The second-order valence-corrected chi connectivity index (χ2v) is 3.57. The van der Waals surface area contributed by atoms with E-state index in [-0.39, 0.29) is 0 Å². The van der Waals surface area contributed by atoms with Gasteiger partial charge in [0.15, 0.2) is 0 Å². The van der Waals surface area contributed by atoms with Crippen LogP contribution in [-0.4, -0.2) is 51.0 Å². The summed E-state index contributed by atoms with van der Waals surface area (Å²) in [6.07, 6.45) is 2.17. The largest absolute Gasteiger partial charge is 0.380 e. The summed E-state index contributed by atoms with van der Waals surface area (Å²) in [6, 6.07) is 0. The van der Waals surface area contributed by atoms with E-state index in [0.717, 1.165) is 58.9 Å². The van der Waals surface area contributed by atoms with Crippen LogP contribution in [0.25, 0.3) is 0 Å². The zero-order chi connectivity index (χ0) is 11.4. The Balaban J connectivity index is 3.29. The van der Waals surface area contributed by atoms with Crippen LogP contribution in [0.2, 0.25) is 0 Å². The summed E-state index contributed by atoms with van der Waals surface area (Å²) in [5.41, 5.74) is 0. The van der Waals surface area contributed by atoms with Crippen molar-refractivity contribution in [3.63, 3.8) is 0 Å². The molecule has 0 N–H and O–H groups in total. The molecule has 1 radical (unpaired) electrons. The molecule has 0 saturated carbocycles. The molecule has 0 unspecified atom stereocenters. The maximum absolute atomic E-state index is 5.43. The smallest absolute Gasteiger partial charge is 0.0593 e. The highest BCUT2D eigenvalue weighted by Crippen LogP contribution is 1.90. The van der Waals surface area contributed by atoms with Crippen molar-refractivity contribution >= 4 is 0 Å². The molecule has 0 aliphatic heterocycles. The van der Waals surface area contributed by atoms with Crippen molar-refractivity contribution in [1.29, 1.82) is 0 Å². The third-order valence-corrected chi connectivity index (χ3v) is 2.12. The Morgan fingerprint density at radius 3 is 1.67 bits per heavy atom. The Hall–Kier alpha value is -0.120. The molecule has 0 aromatic heterocycles. The average molecular weight is 216 g/mol. The number of hydrogen-bond donors (Lipinski definition) is 0. The van der Waals surface area contributed by atoms with E-state index < -0.39 is 0 Å². The quantitative estimate of drug-likeness (QED) is 0.493. The molecule has 0 aromatic carbocycles. The average Bonchev–Trinajstić information content (AvgIpc) is 2.27. The normalized spacial score (nSPS) is 11.2. The van der Waals surface area contributed by atoms with E-state index in [4.69, 9.17) is 9.47 Å². The summed E-state index contributed by atoms with van der Waals surface area (Å²) in [7, 11) is 0. The highest BCUT2D eigenvalue weighted by atomic mass is 16.5. The molecule has 0 atom stereocenters. The van der Waals surface area contributed by atoms with Gasteiger partial charge in [0.05, 0.1) is 13.2 Å². The minimum Gasteiger partial charge on any atom is -0.380 e. The summed E-state index contributed by atoms with van der Waals surface area (Å²) in [4.78, 5) is 2.26. The maximum Gasteiger partial charge on any atom is 0.0593 e. The first-order valence-electron chi connectivity index (χ1n) is 6.02. The highest BCUT2D eigenvalue weighted by molar-refractivity contribution is 4.58. The number of ether oxygens (including phenoxy) is 2. The van der Waals surface area contributed by atoms with Crippen LogP contribution in [0.4, 0.5) is 0 Å². The summed E-state index contributed by atoms with van der Waals surface area (Å²) >= 11 is 0. The van der Waals surface area contributed by atoms with Gasteiger partial charge in [-0.2, -0.15) is 0 Å². The lowest BCUT2D eigenvalue weighted by Crippen LogP contribution is -2.31. The first kappa shape index (κ1) is 14.9. The van der Waals surface area contributed by atoms with Gasteiger partial charge in [0.25, 0.3) is 0 Å². The summed E-state index contributed by atoms with van der Waals surface area (Å²) in [5, 5.41) is 0. The van der Waals surface area contributed by atoms with Crippen LogP contribution < -0.4 is 0 Å². The molecule has 0 amide bonds. The van der Waals surface area contributed by atoms with Crippen molar-refractivity contribution < 1.29 is 9.47 Å². The molecule has 0 saturated heterocycles. The van der Waals surface area contributed by atoms with E-state index in [9.17, 15) is 0 Å². The fourth-order valence-corrected chi connectivity index (χ4v) is 1.22. The predicted molar refractivity (Wildman–Crippen MR) is 64.0 cm³/mol. The van der Waals surface area contributed by atoms with E-state index in [1.54, 1.807) is 0 Å². The zero-order valence-electron chi connectivity index (χ0n) is 10.3. The first-order valence-corrected chi connectivity index (χ1v) is 6.02. The van der Waals surface area contributed by atoms with Gasteiger partial charge < -0.3 is 9.47 Å². The Bertz CT molecular complexity index is 108. The van der Waals surface area contributed by atoms with Crippen LogP contribution in [0, 0.1) is 6.92 Å². The standard InChI is InChI=1S/C12H26NO2/c1-4-9-14-11-7-13(6-3)8-12-15-10-5-2/h3-12H2,1-2H3. The predicted octanol–water partition coefficient (Wildman–Crippen LogP) is 1.98. The van der Waals surface area contributed by atoms with Crippen LogP contribution in [-0.2, 0) is 9.47 Å². The molecule has 0 heterocycles. The second kappa shape index (κ2) is 12.0. The van der Waals surface area contributed by atoms with Crippen molar-refractivity contribution in [1.82, 2.24) is 4.90 Å². The van der Waals surface area contributed by atoms with Gasteiger partial charge in [0.1, 0.15) is 0 Å². The molecule has 0 aliphatic rings. The lowest BCUT2D eigenvalue weighted by atomic mass is 10.4. The fraction of sp³-hybridized carbons (Fsp3) is 0.917. The van der Waals surface area contributed by atoms with E-state index in [0.29, 0.717) is 0 Å². The summed E-state index contributed by atoms with van der Waals surface area (Å²) < 4.78 is 10.9. The Kier molecular flexibility index (Phi) is 11.9. The maximum atomic E-state index is 5.43. The van der Waals surface area contributed by atoms with Crippen molar-refractivity contribution in [2.45, 2.75) is 26.7 Å². The van der Waals surface area contributed by atoms with Crippen LogP contribution in [0.3, 0.4) is 0 Å². The monoisotopic (exact) mass is 216 g/mol. The molecule has 0 bridgehead atoms. The molecule has 15 heavy (non-hydrogen) atoms. The van der Waals surface area contributed by atoms with Gasteiger partial charge in [0, 0.05) is 26.3 Å². The van der Waals surface area contributed by atoms with Gasteiger partial charge in [-0.25, -0.2) is 0 Å². The van der Waals surface area contributed by atoms with Crippen LogP contribution >= 0.6 is 0 Å². The minimum atomic E-state index is 0.803. The zero-order valence-corrected chi connectivity index (χ0v) is 10.3. The molecule has 0 fully saturated rings. The molecule has 0 aromatic rings. The molecule has 0 rings (SSSR count). The van der Waals surface area contributed by atoms with Gasteiger partial charge in [-0.1, -0.05) is 13.8 Å². The number of nitrogens with zero attached hydrogens (tertiary/aromatic N) is 1. The highest BCUT2D eigenvalue weighted by Gasteiger charge is 2.01. The molecule has 3 nitrogen and oxygen atoms in total. The van der Waals surface area contributed by atoms with Crippen molar-refractivity contribution in [2.24, 2.45) is 0 Å². The first-order chi connectivity index (χ1) is 7.35. The van der Waals surface area contributed by atoms with Crippen LogP contribution in [0.1, 0.15) is 26.7 Å². The summed E-state index contributed by atoms with van der Waals surface area (Å²) in [6.45, 7) is 14.2. The topological polar surface area (TPSA) is 21.7 Å².